The third-order valence-electron chi connectivity index (χ3n) is 3.42. The highest BCUT2D eigenvalue weighted by atomic mass is 32.2. The Bertz CT molecular complexity index is 465. The number of methoxy groups -OCH3 is 1. The molecule has 1 aromatic rings. The summed E-state index contributed by atoms with van der Waals surface area (Å²) in [6, 6.07) is 6.71. The van der Waals surface area contributed by atoms with Crippen molar-refractivity contribution in [2.75, 3.05) is 25.2 Å². The molecule has 1 heterocycles. The topological polar surface area (TPSA) is 38.5 Å². The van der Waals surface area contributed by atoms with Crippen LogP contribution in [-0.2, 0) is 6.54 Å². The summed E-state index contributed by atoms with van der Waals surface area (Å²) in [6.45, 7) is 4.37. The molecule has 2 N–H and O–H groups in total. The summed E-state index contributed by atoms with van der Waals surface area (Å²) >= 11 is 7.11. The van der Waals surface area contributed by atoms with Crippen molar-refractivity contribution in [3.05, 3.63) is 29.3 Å². The van der Waals surface area contributed by atoms with Crippen molar-refractivity contribution in [3.8, 4) is 5.75 Å². The molecule has 1 aliphatic heterocycles. The molecule has 5 heteroatoms. The summed E-state index contributed by atoms with van der Waals surface area (Å²) in [4.78, 5) is 2.89. The maximum Gasteiger partial charge on any atom is 0.129 e. The van der Waals surface area contributed by atoms with Crippen LogP contribution in [0.1, 0.15) is 18.1 Å². The largest absolute Gasteiger partial charge is 0.496 e. The van der Waals surface area contributed by atoms with Gasteiger partial charge in [-0.3, -0.25) is 4.90 Å². The number of thiocarbonyl (C=S) groups is 1. The Balaban J connectivity index is 2.16. The molecule has 0 bridgehead atoms. The molecule has 1 saturated heterocycles. The number of hydrogen-bond acceptors (Lipinski definition) is 4. The van der Waals surface area contributed by atoms with Gasteiger partial charge in [0.2, 0.25) is 0 Å². The van der Waals surface area contributed by atoms with Crippen molar-refractivity contribution in [3.63, 3.8) is 0 Å². The fraction of sp³-hybridized carbons (Fsp3) is 0.500. The minimum absolute atomic E-state index is 0.390. The van der Waals surface area contributed by atoms with Crippen molar-refractivity contribution in [1.29, 1.82) is 0 Å². The number of benzene rings is 1. The van der Waals surface area contributed by atoms with Crippen molar-refractivity contribution in [2.24, 2.45) is 5.73 Å². The molecule has 1 fully saturated rings. The molecule has 0 amide bonds. The monoisotopic (exact) mass is 296 g/mol. The van der Waals surface area contributed by atoms with E-state index in [0.717, 1.165) is 24.4 Å². The van der Waals surface area contributed by atoms with Crippen LogP contribution in [0, 0.1) is 0 Å². The highest BCUT2D eigenvalue weighted by Gasteiger charge is 2.19. The molecule has 0 aliphatic carbocycles. The molecule has 0 radical (unpaired) electrons. The van der Waals surface area contributed by atoms with Crippen molar-refractivity contribution in [2.45, 2.75) is 19.5 Å². The first-order valence-electron chi connectivity index (χ1n) is 6.40. The van der Waals surface area contributed by atoms with Crippen LogP contribution in [0.15, 0.2) is 18.2 Å². The maximum absolute atomic E-state index is 5.75. The van der Waals surface area contributed by atoms with E-state index in [1.54, 1.807) is 7.11 Å². The van der Waals surface area contributed by atoms with Gasteiger partial charge in [0.25, 0.3) is 0 Å². The summed E-state index contributed by atoms with van der Waals surface area (Å²) in [6.07, 6.45) is 0. The average molecular weight is 296 g/mol. The predicted octanol–water partition coefficient (Wildman–Crippen LogP) is 2.27. The second kappa shape index (κ2) is 6.59. The number of thioether (sulfide) groups is 1. The average Bonchev–Trinajstić information content (AvgIpc) is 2.41. The molecular formula is C14H20N2OS2. The molecule has 19 heavy (non-hydrogen) atoms. The zero-order chi connectivity index (χ0) is 13.8. The van der Waals surface area contributed by atoms with Gasteiger partial charge in [0.1, 0.15) is 10.7 Å². The van der Waals surface area contributed by atoms with Crippen LogP contribution in [0.2, 0.25) is 0 Å². The quantitative estimate of drug-likeness (QED) is 0.863. The molecular weight excluding hydrogens is 276 g/mol. The van der Waals surface area contributed by atoms with E-state index in [2.05, 4.69) is 24.0 Å². The fourth-order valence-electron chi connectivity index (χ4n) is 2.28. The SMILES string of the molecule is COc1ccc(CN2CCSCC2C)cc1C(N)=S. The molecule has 0 saturated carbocycles. The molecule has 1 atom stereocenters. The lowest BCUT2D eigenvalue weighted by atomic mass is 10.1. The lowest BCUT2D eigenvalue weighted by Crippen LogP contribution is -2.39. The molecule has 2 rings (SSSR count). The maximum atomic E-state index is 5.75. The van der Waals surface area contributed by atoms with Crippen LogP contribution in [0.5, 0.6) is 5.75 Å². The number of rotatable bonds is 4. The van der Waals surface area contributed by atoms with Gasteiger partial charge in [-0.05, 0) is 24.6 Å². The fourth-order valence-corrected chi connectivity index (χ4v) is 3.52. The minimum atomic E-state index is 0.390. The molecule has 3 nitrogen and oxygen atoms in total. The zero-order valence-electron chi connectivity index (χ0n) is 11.4. The Kier molecular flexibility index (Phi) is 5.07. The van der Waals surface area contributed by atoms with Crippen molar-refractivity contribution >= 4 is 29.0 Å². The first-order chi connectivity index (χ1) is 9.11. The van der Waals surface area contributed by atoms with E-state index in [0.29, 0.717) is 11.0 Å². The van der Waals surface area contributed by atoms with E-state index in [1.807, 2.05) is 17.8 Å². The predicted molar refractivity (Wildman–Crippen MR) is 86.1 cm³/mol. The van der Waals surface area contributed by atoms with Gasteiger partial charge >= 0.3 is 0 Å². The summed E-state index contributed by atoms with van der Waals surface area (Å²) in [5.74, 6) is 3.17. The van der Waals surface area contributed by atoms with Gasteiger partial charge in [0, 0.05) is 30.6 Å². The van der Waals surface area contributed by atoms with E-state index in [9.17, 15) is 0 Å². The second-order valence-corrected chi connectivity index (χ2v) is 6.38. The third kappa shape index (κ3) is 3.61. The van der Waals surface area contributed by atoms with Gasteiger partial charge in [-0.15, -0.1) is 0 Å². The van der Waals surface area contributed by atoms with Gasteiger partial charge in [-0.25, -0.2) is 0 Å². The van der Waals surface area contributed by atoms with Crippen LogP contribution in [-0.4, -0.2) is 41.1 Å². The van der Waals surface area contributed by atoms with Crippen molar-refractivity contribution in [1.82, 2.24) is 4.90 Å². The molecule has 0 aromatic heterocycles. The van der Waals surface area contributed by atoms with E-state index < -0.39 is 0 Å². The van der Waals surface area contributed by atoms with Gasteiger partial charge in [-0.1, -0.05) is 18.3 Å². The molecule has 0 spiro atoms. The number of nitrogens with zero attached hydrogens (tertiary/aromatic N) is 1. The molecule has 104 valence electrons. The molecule has 1 aromatic carbocycles. The van der Waals surface area contributed by atoms with Crippen LogP contribution in [0.3, 0.4) is 0 Å². The Morgan fingerprint density at radius 3 is 3.00 bits per heavy atom. The zero-order valence-corrected chi connectivity index (χ0v) is 13.0. The van der Waals surface area contributed by atoms with Crippen LogP contribution >= 0.6 is 24.0 Å². The first kappa shape index (κ1) is 14.6. The summed E-state index contributed by atoms with van der Waals surface area (Å²) < 4.78 is 5.29. The van der Waals surface area contributed by atoms with Gasteiger partial charge in [0.05, 0.1) is 12.7 Å². The Morgan fingerprint density at radius 2 is 2.37 bits per heavy atom. The summed E-state index contributed by atoms with van der Waals surface area (Å²) in [5.41, 5.74) is 7.82. The normalized spacial score (nSPS) is 20.2. The van der Waals surface area contributed by atoms with Gasteiger partial charge in [-0.2, -0.15) is 11.8 Å². The third-order valence-corrected chi connectivity index (χ3v) is 4.83. The second-order valence-electron chi connectivity index (χ2n) is 4.79. The smallest absolute Gasteiger partial charge is 0.129 e. The van der Waals surface area contributed by atoms with E-state index in [-0.39, 0.29) is 0 Å². The van der Waals surface area contributed by atoms with E-state index in [1.165, 1.54) is 17.1 Å². The standard InChI is InChI=1S/C14H20N2OS2/c1-10-9-19-6-5-16(10)8-11-3-4-13(17-2)12(7-11)14(15)18/h3-4,7,10H,5-6,8-9H2,1-2H3,(H2,15,18). The molecule has 1 unspecified atom stereocenters. The first-order valence-corrected chi connectivity index (χ1v) is 7.96. The lowest BCUT2D eigenvalue weighted by molar-refractivity contribution is 0.224. The Hall–Kier alpha value is -0.780. The van der Waals surface area contributed by atoms with Gasteiger partial charge in [0.15, 0.2) is 0 Å². The Morgan fingerprint density at radius 1 is 1.58 bits per heavy atom. The number of hydrogen-bond donors (Lipinski definition) is 1. The van der Waals surface area contributed by atoms with Crippen LogP contribution in [0.25, 0.3) is 0 Å². The van der Waals surface area contributed by atoms with Crippen molar-refractivity contribution < 1.29 is 4.74 Å². The van der Waals surface area contributed by atoms with Crippen LogP contribution < -0.4 is 10.5 Å². The summed E-state index contributed by atoms with van der Waals surface area (Å²) in [7, 11) is 1.64. The highest BCUT2D eigenvalue weighted by molar-refractivity contribution is 7.99. The lowest BCUT2D eigenvalue weighted by Gasteiger charge is -2.33. The molecule has 1 aliphatic rings. The van der Waals surface area contributed by atoms with Gasteiger partial charge < -0.3 is 10.5 Å². The van der Waals surface area contributed by atoms with E-state index >= 15 is 0 Å². The van der Waals surface area contributed by atoms with E-state index in [4.69, 9.17) is 22.7 Å². The Labute approximate surface area is 124 Å². The summed E-state index contributed by atoms with van der Waals surface area (Å²) in [5, 5.41) is 0. The highest BCUT2D eigenvalue weighted by Crippen LogP contribution is 2.23. The number of ether oxygens (including phenoxy) is 1. The van der Waals surface area contributed by atoms with Crippen LogP contribution in [0.4, 0.5) is 0 Å². The minimum Gasteiger partial charge on any atom is -0.496 e. The number of nitrogens with two attached hydrogens (primary N) is 1.